The maximum Gasteiger partial charge on any atom is 0.270 e. The molecule has 27 heavy (non-hydrogen) atoms. The molecule has 1 amide bonds. The van der Waals surface area contributed by atoms with Crippen molar-refractivity contribution >= 4 is 5.91 Å². The number of halogens is 1. The highest BCUT2D eigenvalue weighted by Crippen LogP contribution is 2.19. The van der Waals surface area contributed by atoms with Crippen LogP contribution < -0.4 is 0 Å². The van der Waals surface area contributed by atoms with Gasteiger partial charge in [-0.2, -0.15) is 5.10 Å². The van der Waals surface area contributed by atoms with Gasteiger partial charge in [-0.25, -0.2) is 4.39 Å². The lowest BCUT2D eigenvalue weighted by atomic mass is 10.1. The van der Waals surface area contributed by atoms with Crippen LogP contribution in [0.15, 0.2) is 54.8 Å². The summed E-state index contributed by atoms with van der Waals surface area (Å²) in [7, 11) is 3.61. The monoisotopic (exact) mass is 374 g/mol. The van der Waals surface area contributed by atoms with Crippen LogP contribution in [0, 0.1) is 12.8 Å². The van der Waals surface area contributed by atoms with Gasteiger partial charge in [0.05, 0.1) is 5.69 Å². The van der Waals surface area contributed by atoms with Gasteiger partial charge in [0, 0.05) is 44.6 Å². The molecule has 148 valence electrons. The van der Waals surface area contributed by atoms with Crippen molar-refractivity contribution in [2.24, 2.45) is 13.0 Å². The Kier molecular flexibility index (Phi) is 8.22. The number of rotatable bonds is 9. The van der Waals surface area contributed by atoms with Crippen LogP contribution in [0.4, 0.5) is 4.39 Å². The molecule has 0 unspecified atom stereocenters. The van der Waals surface area contributed by atoms with E-state index in [9.17, 15) is 9.18 Å². The lowest BCUT2D eigenvalue weighted by molar-refractivity contribution is -0.127. The van der Waals surface area contributed by atoms with E-state index in [0.29, 0.717) is 24.5 Å². The Balaban J connectivity index is 3.07. The van der Waals surface area contributed by atoms with Gasteiger partial charge < -0.3 is 9.80 Å². The molecule has 0 N–H and O–H groups in total. The highest BCUT2D eigenvalue weighted by Gasteiger charge is 2.23. The fraction of sp³-hybridized carbons (Fsp3) is 0.429. The molecule has 0 saturated carbocycles. The lowest BCUT2D eigenvalue weighted by Gasteiger charge is -2.31. The van der Waals surface area contributed by atoms with Crippen LogP contribution in [-0.2, 0) is 18.4 Å². The summed E-state index contributed by atoms with van der Waals surface area (Å²) in [5.41, 5.74) is 2.93. The Morgan fingerprint density at radius 1 is 1.37 bits per heavy atom. The van der Waals surface area contributed by atoms with Gasteiger partial charge in [-0.1, -0.05) is 33.1 Å². The molecule has 0 radical (unpaired) electrons. The predicted octanol–water partition coefficient (Wildman–Crippen LogP) is 4.10. The zero-order chi connectivity index (χ0) is 20.7. The molecule has 0 saturated heterocycles. The molecule has 0 bridgehead atoms. The number of likely N-dealkylation sites (N-methyl/N-ethyl adjacent to an activating group) is 1. The Hall–Kier alpha value is -2.63. The summed E-state index contributed by atoms with van der Waals surface area (Å²) < 4.78 is 14.7. The number of hydrogen-bond donors (Lipinski definition) is 0. The van der Waals surface area contributed by atoms with Crippen LogP contribution in [0.5, 0.6) is 0 Å². The summed E-state index contributed by atoms with van der Waals surface area (Å²) in [6.45, 7) is 16.1. The largest absolute Gasteiger partial charge is 0.338 e. The minimum Gasteiger partial charge on any atom is -0.338 e. The SMILES string of the molecule is C=C(F)C=CC(=C)N(CC(C)C)C(=CC)C(=O)N(C)Cc1cn(C)nc1C. The second-order valence-corrected chi connectivity index (χ2v) is 7.02. The van der Waals surface area contributed by atoms with Gasteiger partial charge in [-0.15, -0.1) is 0 Å². The first kappa shape index (κ1) is 22.4. The highest BCUT2D eigenvalue weighted by molar-refractivity contribution is 5.93. The van der Waals surface area contributed by atoms with Crippen molar-refractivity contribution in [1.82, 2.24) is 19.6 Å². The smallest absolute Gasteiger partial charge is 0.270 e. The Morgan fingerprint density at radius 3 is 2.44 bits per heavy atom. The molecule has 6 heteroatoms. The van der Waals surface area contributed by atoms with Gasteiger partial charge in [0.2, 0.25) is 0 Å². The maximum atomic E-state index is 13.1. The minimum atomic E-state index is -0.557. The normalized spacial score (nSPS) is 11.9. The molecule has 1 rings (SSSR count). The first-order valence-corrected chi connectivity index (χ1v) is 8.96. The number of allylic oxidation sites excluding steroid dienone is 4. The van der Waals surface area contributed by atoms with Crippen molar-refractivity contribution < 1.29 is 9.18 Å². The molecule has 1 heterocycles. The van der Waals surface area contributed by atoms with E-state index >= 15 is 0 Å². The molecular weight excluding hydrogens is 343 g/mol. The minimum absolute atomic E-state index is 0.130. The van der Waals surface area contributed by atoms with Gasteiger partial charge in [0.15, 0.2) is 0 Å². The van der Waals surface area contributed by atoms with Crippen molar-refractivity contribution in [3.05, 3.63) is 66.1 Å². The van der Waals surface area contributed by atoms with Crippen LogP contribution >= 0.6 is 0 Å². The number of carbonyl (C=O) groups excluding carboxylic acids is 1. The zero-order valence-corrected chi connectivity index (χ0v) is 17.3. The van der Waals surface area contributed by atoms with Crippen molar-refractivity contribution in [3.8, 4) is 0 Å². The summed E-state index contributed by atoms with van der Waals surface area (Å²) >= 11 is 0. The van der Waals surface area contributed by atoms with Crippen LogP contribution in [0.25, 0.3) is 0 Å². The topological polar surface area (TPSA) is 41.4 Å². The van der Waals surface area contributed by atoms with Gasteiger partial charge in [-0.05, 0) is 31.9 Å². The lowest BCUT2D eigenvalue weighted by Crippen LogP contribution is -2.37. The van der Waals surface area contributed by atoms with Gasteiger partial charge >= 0.3 is 0 Å². The van der Waals surface area contributed by atoms with Gasteiger partial charge in [-0.3, -0.25) is 9.48 Å². The number of hydrogen-bond acceptors (Lipinski definition) is 3. The Bertz CT molecular complexity index is 758. The van der Waals surface area contributed by atoms with Crippen LogP contribution in [-0.4, -0.2) is 39.1 Å². The van der Waals surface area contributed by atoms with E-state index < -0.39 is 5.83 Å². The van der Waals surface area contributed by atoms with Crippen molar-refractivity contribution in [3.63, 3.8) is 0 Å². The molecule has 0 aliphatic heterocycles. The highest BCUT2D eigenvalue weighted by atomic mass is 19.1. The zero-order valence-electron chi connectivity index (χ0n) is 17.3. The third-order valence-corrected chi connectivity index (χ3v) is 4.00. The van der Waals surface area contributed by atoms with E-state index in [1.54, 1.807) is 22.7 Å². The molecule has 0 aromatic carbocycles. The third-order valence-electron chi connectivity index (χ3n) is 4.00. The van der Waals surface area contributed by atoms with E-state index in [1.807, 2.05) is 32.0 Å². The fourth-order valence-electron chi connectivity index (χ4n) is 2.73. The first-order valence-electron chi connectivity index (χ1n) is 8.96. The van der Waals surface area contributed by atoms with E-state index in [-0.39, 0.29) is 11.8 Å². The molecule has 1 aromatic rings. The van der Waals surface area contributed by atoms with Crippen LogP contribution in [0.3, 0.4) is 0 Å². The molecule has 5 nitrogen and oxygen atoms in total. The number of nitrogens with zero attached hydrogens (tertiary/aromatic N) is 4. The van der Waals surface area contributed by atoms with Gasteiger partial charge in [0.1, 0.15) is 11.5 Å². The van der Waals surface area contributed by atoms with E-state index in [4.69, 9.17) is 0 Å². The number of aryl methyl sites for hydroxylation is 2. The molecule has 1 aromatic heterocycles. The summed E-state index contributed by atoms with van der Waals surface area (Å²) in [5.74, 6) is -0.398. The Morgan fingerprint density at radius 2 is 2.00 bits per heavy atom. The second kappa shape index (κ2) is 9.90. The second-order valence-electron chi connectivity index (χ2n) is 7.02. The van der Waals surface area contributed by atoms with E-state index in [0.717, 1.165) is 11.3 Å². The number of amides is 1. The van der Waals surface area contributed by atoms with Crippen molar-refractivity contribution in [1.29, 1.82) is 0 Å². The molecular formula is C21H31FN4O. The summed E-state index contributed by atoms with van der Waals surface area (Å²) in [5, 5.41) is 4.32. The quantitative estimate of drug-likeness (QED) is 0.483. The Labute approximate surface area is 162 Å². The first-order chi connectivity index (χ1) is 12.6. The van der Waals surface area contributed by atoms with Crippen molar-refractivity contribution in [2.75, 3.05) is 13.6 Å². The molecule has 0 spiro atoms. The van der Waals surface area contributed by atoms with Crippen molar-refractivity contribution in [2.45, 2.75) is 34.2 Å². The van der Waals surface area contributed by atoms with Crippen LogP contribution in [0.2, 0.25) is 0 Å². The standard InChI is InChI=1S/C21H31FN4O/c1-9-20(26(12-15(2)3)17(5)11-10-16(4)22)21(27)24(7)13-19-14-25(8)23-18(19)6/h9-11,14-15H,4-5,12-13H2,1-3,6-8H3. The third kappa shape index (κ3) is 6.55. The predicted molar refractivity (Wildman–Crippen MR) is 108 cm³/mol. The molecule has 0 aliphatic rings. The average Bonchev–Trinajstić information content (AvgIpc) is 2.88. The summed E-state index contributed by atoms with van der Waals surface area (Å²) in [4.78, 5) is 16.6. The average molecular weight is 375 g/mol. The number of aromatic nitrogens is 2. The molecule has 0 fully saturated rings. The van der Waals surface area contributed by atoms with Crippen LogP contribution in [0.1, 0.15) is 32.0 Å². The fourth-order valence-corrected chi connectivity index (χ4v) is 2.73. The molecule has 0 aliphatic carbocycles. The van der Waals surface area contributed by atoms with Gasteiger partial charge in [0.25, 0.3) is 5.91 Å². The number of carbonyl (C=O) groups is 1. The summed E-state index contributed by atoms with van der Waals surface area (Å²) in [6, 6.07) is 0. The van der Waals surface area contributed by atoms with E-state index in [1.165, 1.54) is 12.2 Å². The molecule has 0 atom stereocenters. The maximum absolute atomic E-state index is 13.1. The van der Waals surface area contributed by atoms with E-state index in [2.05, 4.69) is 32.1 Å². The summed E-state index contributed by atoms with van der Waals surface area (Å²) in [6.07, 6.45) is 6.46.